The molecule has 0 bridgehead atoms. The molecule has 3 aromatic rings. The van der Waals surface area contributed by atoms with Crippen molar-refractivity contribution in [3.63, 3.8) is 0 Å². The maximum atomic E-state index is 13.3. The average Bonchev–Trinajstić information content (AvgIpc) is 2.78. The number of ether oxygens (including phenoxy) is 4. The smallest absolute Gasteiger partial charge is 0.259 e. The molecule has 2 heterocycles. The van der Waals surface area contributed by atoms with Gasteiger partial charge in [-0.25, -0.2) is 9.97 Å². The topological polar surface area (TPSA) is 83.0 Å². The molecule has 1 amide bonds. The molecular formula is C22H23N3O5. The summed E-state index contributed by atoms with van der Waals surface area (Å²) in [5.74, 6) is 2.27. The minimum atomic E-state index is -0.122. The molecule has 0 spiro atoms. The number of carbonyl (C=O) groups excluding carboxylic acids is 1. The second kappa shape index (κ2) is 8.54. The fourth-order valence-corrected chi connectivity index (χ4v) is 3.65. The Bertz CT molecular complexity index is 1090. The Morgan fingerprint density at radius 1 is 1.00 bits per heavy atom. The van der Waals surface area contributed by atoms with Crippen molar-refractivity contribution in [3.05, 3.63) is 47.8 Å². The highest BCUT2D eigenvalue weighted by atomic mass is 16.5. The molecule has 4 rings (SSSR count). The van der Waals surface area contributed by atoms with Crippen molar-refractivity contribution < 1.29 is 23.7 Å². The Hall–Kier alpha value is -3.39. The van der Waals surface area contributed by atoms with E-state index in [9.17, 15) is 4.79 Å². The third-order valence-electron chi connectivity index (χ3n) is 5.11. The molecule has 2 aromatic carbocycles. The van der Waals surface area contributed by atoms with Crippen molar-refractivity contribution in [2.75, 3.05) is 46.0 Å². The minimum absolute atomic E-state index is 0.122. The van der Waals surface area contributed by atoms with E-state index in [0.717, 1.165) is 16.7 Å². The zero-order chi connectivity index (χ0) is 21.1. The fraction of sp³-hybridized carbons (Fsp3) is 0.318. The molecule has 0 saturated heterocycles. The van der Waals surface area contributed by atoms with Crippen LogP contribution in [0.25, 0.3) is 10.9 Å². The van der Waals surface area contributed by atoms with Gasteiger partial charge in [0.1, 0.15) is 24.5 Å². The molecule has 30 heavy (non-hydrogen) atoms. The molecule has 0 saturated carbocycles. The molecule has 0 atom stereocenters. The van der Waals surface area contributed by atoms with E-state index in [-0.39, 0.29) is 5.91 Å². The van der Waals surface area contributed by atoms with E-state index in [4.69, 9.17) is 18.9 Å². The third-order valence-corrected chi connectivity index (χ3v) is 5.11. The molecule has 8 heteroatoms. The Balaban J connectivity index is 1.73. The van der Waals surface area contributed by atoms with Crippen molar-refractivity contribution >= 4 is 22.6 Å². The number of fused-ring (bicyclic) bond motifs is 2. The maximum absolute atomic E-state index is 13.3. The standard InChI is InChI=1S/C22H23N3O5/c1-27-9-10-30-18-6-4-5-15-14(18)7-8-25(22(15)26)21-16-11-19(28-2)20(29-3)12-17(16)23-13-24-21/h4-6,11-13H,7-10H2,1-3H3. The fourth-order valence-electron chi connectivity index (χ4n) is 3.65. The predicted octanol–water partition coefficient (Wildman–Crippen LogP) is 2.88. The predicted molar refractivity (Wildman–Crippen MR) is 112 cm³/mol. The summed E-state index contributed by atoms with van der Waals surface area (Å²) in [4.78, 5) is 23.8. The van der Waals surface area contributed by atoms with Crippen molar-refractivity contribution in [2.45, 2.75) is 6.42 Å². The highest BCUT2D eigenvalue weighted by Gasteiger charge is 2.30. The second-order valence-corrected chi connectivity index (χ2v) is 6.75. The van der Waals surface area contributed by atoms with E-state index in [1.165, 1.54) is 6.33 Å². The van der Waals surface area contributed by atoms with Gasteiger partial charge in [-0.15, -0.1) is 0 Å². The molecule has 0 unspecified atom stereocenters. The molecule has 156 valence electrons. The van der Waals surface area contributed by atoms with Crippen LogP contribution in [0.15, 0.2) is 36.7 Å². The summed E-state index contributed by atoms with van der Waals surface area (Å²) in [5.41, 5.74) is 2.20. The summed E-state index contributed by atoms with van der Waals surface area (Å²) >= 11 is 0. The van der Waals surface area contributed by atoms with E-state index in [0.29, 0.717) is 54.6 Å². The maximum Gasteiger partial charge on any atom is 0.259 e. The van der Waals surface area contributed by atoms with Crippen LogP contribution in [-0.4, -0.2) is 57.0 Å². The lowest BCUT2D eigenvalue weighted by Crippen LogP contribution is -2.38. The van der Waals surface area contributed by atoms with Crippen LogP contribution in [0.3, 0.4) is 0 Å². The zero-order valence-corrected chi connectivity index (χ0v) is 17.2. The SMILES string of the molecule is COCCOc1cccc2c1CCN(c1ncnc3cc(OC)c(OC)cc13)C2=O. The first-order valence-electron chi connectivity index (χ1n) is 9.60. The largest absolute Gasteiger partial charge is 0.493 e. The summed E-state index contributed by atoms with van der Waals surface area (Å²) in [6, 6.07) is 9.11. The highest BCUT2D eigenvalue weighted by Crippen LogP contribution is 2.37. The van der Waals surface area contributed by atoms with Gasteiger partial charge >= 0.3 is 0 Å². The molecule has 1 aliphatic rings. The van der Waals surface area contributed by atoms with Gasteiger partial charge in [0.2, 0.25) is 0 Å². The van der Waals surface area contributed by atoms with Crippen molar-refractivity contribution in [1.82, 2.24) is 9.97 Å². The van der Waals surface area contributed by atoms with Crippen molar-refractivity contribution in [1.29, 1.82) is 0 Å². The van der Waals surface area contributed by atoms with Crippen LogP contribution in [-0.2, 0) is 11.2 Å². The van der Waals surface area contributed by atoms with Gasteiger partial charge in [-0.05, 0) is 24.6 Å². The number of hydrogen-bond acceptors (Lipinski definition) is 7. The normalized spacial score (nSPS) is 13.3. The lowest BCUT2D eigenvalue weighted by Gasteiger charge is -2.29. The van der Waals surface area contributed by atoms with Crippen LogP contribution in [0.5, 0.6) is 17.2 Å². The monoisotopic (exact) mass is 409 g/mol. The molecule has 0 fully saturated rings. The number of amides is 1. The van der Waals surface area contributed by atoms with Crippen LogP contribution in [0.4, 0.5) is 5.82 Å². The number of benzene rings is 2. The molecule has 0 aliphatic carbocycles. The first-order chi connectivity index (χ1) is 14.7. The number of aromatic nitrogens is 2. The van der Waals surface area contributed by atoms with E-state index in [2.05, 4.69) is 9.97 Å². The number of anilines is 1. The van der Waals surface area contributed by atoms with Crippen molar-refractivity contribution in [3.8, 4) is 17.2 Å². The average molecular weight is 409 g/mol. The van der Waals surface area contributed by atoms with Gasteiger partial charge in [-0.1, -0.05) is 6.07 Å². The quantitative estimate of drug-likeness (QED) is 0.555. The molecule has 0 N–H and O–H groups in total. The Morgan fingerprint density at radius 2 is 1.80 bits per heavy atom. The van der Waals surface area contributed by atoms with E-state index in [1.807, 2.05) is 18.2 Å². The van der Waals surface area contributed by atoms with E-state index in [1.54, 1.807) is 38.4 Å². The lowest BCUT2D eigenvalue weighted by molar-refractivity contribution is 0.0978. The van der Waals surface area contributed by atoms with Gasteiger partial charge in [0.25, 0.3) is 5.91 Å². The molecule has 1 aliphatic heterocycles. The Kier molecular flexibility index (Phi) is 5.67. The van der Waals surface area contributed by atoms with Crippen LogP contribution in [0, 0.1) is 0 Å². The van der Waals surface area contributed by atoms with Gasteiger partial charge < -0.3 is 18.9 Å². The van der Waals surface area contributed by atoms with Crippen LogP contribution < -0.4 is 19.1 Å². The number of nitrogens with zero attached hydrogens (tertiary/aromatic N) is 3. The third kappa shape index (κ3) is 3.50. The van der Waals surface area contributed by atoms with Gasteiger partial charge in [0, 0.05) is 36.2 Å². The summed E-state index contributed by atoms with van der Waals surface area (Å²) in [7, 11) is 4.77. The summed E-state index contributed by atoms with van der Waals surface area (Å²) < 4.78 is 21.6. The Labute approximate surface area is 174 Å². The van der Waals surface area contributed by atoms with Crippen molar-refractivity contribution in [2.24, 2.45) is 0 Å². The van der Waals surface area contributed by atoms with Crippen LogP contribution in [0.2, 0.25) is 0 Å². The number of carbonyl (C=O) groups is 1. The van der Waals surface area contributed by atoms with Gasteiger partial charge in [-0.2, -0.15) is 0 Å². The molecule has 0 radical (unpaired) electrons. The first kappa shape index (κ1) is 19.9. The lowest BCUT2D eigenvalue weighted by atomic mass is 9.97. The van der Waals surface area contributed by atoms with Gasteiger partial charge in [0.05, 0.1) is 26.3 Å². The Morgan fingerprint density at radius 3 is 2.57 bits per heavy atom. The zero-order valence-electron chi connectivity index (χ0n) is 17.2. The van der Waals surface area contributed by atoms with Crippen LogP contribution >= 0.6 is 0 Å². The molecule has 1 aromatic heterocycles. The second-order valence-electron chi connectivity index (χ2n) is 6.75. The van der Waals surface area contributed by atoms with E-state index < -0.39 is 0 Å². The number of methoxy groups -OCH3 is 3. The summed E-state index contributed by atoms with van der Waals surface area (Å²) in [6.45, 7) is 1.40. The summed E-state index contributed by atoms with van der Waals surface area (Å²) in [6.07, 6.45) is 2.11. The molecule has 8 nitrogen and oxygen atoms in total. The van der Waals surface area contributed by atoms with Crippen LogP contribution in [0.1, 0.15) is 15.9 Å². The minimum Gasteiger partial charge on any atom is -0.493 e. The van der Waals surface area contributed by atoms with Gasteiger partial charge in [-0.3, -0.25) is 9.69 Å². The van der Waals surface area contributed by atoms with Gasteiger partial charge in [0.15, 0.2) is 11.5 Å². The van der Waals surface area contributed by atoms with E-state index >= 15 is 0 Å². The molecular weight excluding hydrogens is 386 g/mol. The first-order valence-corrected chi connectivity index (χ1v) is 9.60. The summed E-state index contributed by atoms with van der Waals surface area (Å²) in [5, 5.41) is 0.722. The number of rotatable bonds is 7. The number of hydrogen-bond donors (Lipinski definition) is 0. The highest BCUT2D eigenvalue weighted by molar-refractivity contribution is 6.11.